The van der Waals surface area contributed by atoms with E-state index in [9.17, 15) is 5.11 Å². The van der Waals surface area contributed by atoms with E-state index in [1.807, 2.05) is 54.2 Å². The Balaban J connectivity index is 0.000000454. The van der Waals surface area contributed by atoms with Crippen molar-refractivity contribution in [2.45, 2.75) is 6.54 Å². The van der Waals surface area contributed by atoms with Crippen molar-refractivity contribution in [2.24, 2.45) is 7.05 Å². The van der Waals surface area contributed by atoms with Crippen molar-refractivity contribution >= 4 is 17.9 Å². The van der Waals surface area contributed by atoms with Crippen LogP contribution in [0.5, 0.6) is 5.75 Å². The van der Waals surface area contributed by atoms with Gasteiger partial charge < -0.3 is 25.2 Å². The molecule has 4 rings (SSSR count). The van der Waals surface area contributed by atoms with Gasteiger partial charge >= 0.3 is 11.9 Å². The molecule has 3 aromatic carbocycles. The molecule has 0 unspecified atom stereocenters. The largest absolute Gasteiger partial charge is 0.508 e. The number of phenolic OH excluding ortho intramolecular Hbond substituents is 1. The van der Waals surface area contributed by atoms with E-state index in [2.05, 4.69) is 46.7 Å². The molecule has 4 N–H and O–H groups in total. The number of hydrogen-bond acceptors (Lipinski definition) is 5. The zero-order valence-electron chi connectivity index (χ0n) is 17.8. The highest BCUT2D eigenvalue weighted by molar-refractivity contribution is 6.27. The summed E-state index contributed by atoms with van der Waals surface area (Å²) in [5.41, 5.74) is 5.39. The summed E-state index contributed by atoms with van der Waals surface area (Å²) in [5.74, 6) is -2.60. The molecular weight excluding hydrogens is 422 g/mol. The van der Waals surface area contributed by atoms with Crippen LogP contribution in [0.15, 0.2) is 85.1 Å². The molecule has 0 bridgehead atoms. The molecule has 33 heavy (non-hydrogen) atoms. The van der Waals surface area contributed by atoms with Gasteiger partial charge in [0.25, 0.3) is 0 Å². The Hall–Kier alpha value is -4.59. The number of carboxylic acid groups (broad SMARTS) is 2. The van der Waals surface area contributed by atoms with Crippen molar-refractivity contribution in [1.29, 1.82) is 0 Å². The average Bonchev–Trinajstić information content (AvgIpc) is 3.20. The molecule has 1 aromatic heterocycles. The number of aromatic hydroxyl groups is 1. The summed E-state index contributed by atoms with van der Waals surface area (Å²) in [7, 11) is 1.99. The second kappa shape index (κ2) is 10.6. The molecule has 168 valence electrons. The van der Waals surface area contributed by atoms with Crippen molar-refractivity contribution in [3.8, 4) is 28.1 Å². The minimum atomic E-state index is -1.82. The molecule has 0 atom stereocenters. The van der Waals surface area contributed by atoms with Gasteiger partial charge in [-0.3, -0.25) is 0 Å². The summed E-state index contributed by atoms with van der Waals surface area (Å²) in [6.45, 7) is 0.518. The molecule has 0 saturated heterocycles. The fraction of sp³-hybridized carbons (Fsp3) is 0.0800. The van der Waals surface area contributed by atoms with Crippen LogP contribution in [0.2, 0.25) is 0 Å². The SMILES string of the molecule is Cn1c(-c2ccc(-c3ccccc3)cc2)cnc1NCc1ccccc1O.O=C(O)C(=O)O. The number of aliphatic carboxylic acids is 2. The number of carboxylic acids is 2. The Labute approximate surface area is 190 Å². The zero-order valence-corrected chi connectivity index (χ0v) is 17.8. The number of nitrogens with zero attached hydrogens (tertiary/aromatic N) is 2. The smallest absolute Gasteiger partial charge is 0.414 e. The van der Waals surface area contributed by atoms with Gasteiger partial charge in [-0.1, -0.05) is 72.8 Å². The third kappa shape index (κ3) is 5.98. The van der Waals surface area contributed by atoms with Gasteiger partial charge in [-0.2, -0.15) is 0 Å². The molecule has 0 spiro atoms. The molecule has 0 saturated carbocycles. The first-order valence-corrected chi connectivity index (χ1v) is 10.0. The fourth-order valence-corrected chi connectivity index (χ4v) is 3.14. The van der Waals surface area contributed by atoms with Gasteiger partial charge in [-0.15, -0.1) is 0 Å². The van der Waals surface area contributed by atoms with Crippen LogP contribution < -0.4 is 5.32 Å². The molecule has 8 nitrogen and oxygen atoms in total. The van der Waals surface area contributed by atoms with E-state index < -0.39 is 11.9 Å². The maximum Gasteiger partial charge on any atom is 0.414 e. The zero-order chi connectivity index (χ0) is 23.8. The number of hydrogen-bond donors (Lipinski definition) is 4. The van der Waals surface area contributed by atoms with Crippen LogP contribution in [0, 0.1) is 0 Å². The minimum absolute atomic E-state index is 0.288. The maximum atomic E-state index is 9.89. The van der Waals surface area contributed by atoms with Crippen molar-refractivity contribution in [3.63, 3.8) is 0 Å². The molecule has 4 aromatic rings. The lowest BCUT2D eigenvalue weighted by Gasteiger charge is -2.10. The van der Waals surface area contributed by atoms with Crippen LogP contribution in [-0.2, 0) is 23.2 Å². The van der Waals surface area contributed by atoms with E-state index in [-0.39, 0.29) is 5.75 Å². The van der Waals surface area contributed by atoms with Crippen LogP contribution >= 0.6 is 0 Å². The molecule has 0 radical (unpaired) electrons. The standard InChI is InChI=1S/C23H21N3O.C2H2O4/c1-26-21(16-25-23(26)24-15-20-9-5-6-10-22(20)27)19-13-11-18(12-14-19)17-7-3-2-4-8-17;3-1(4)2(5)6/h2-14,16,27H,15H2,1H3,(H,24,25);(H,3,4)(H,5,6). The average molecular weight is 445 g/mol. The second-order valence-corrected chi connectivity index (χ2v) is 7.06. The van der Waals surface area contributed by atoms with Crippen LogP contribution in [0.3, 0.4) is 0 Å². The highest BCUT2D eigenvalue weighted by atomic mass is 16.4. The monoisotopic (exact) mass is 445 g/mol. The number of nitrogens with one attached hydrogen (secondary N) is 1. The predicted octanol–water partition coefficient (Wildman–Crippen LogP) is 4.23. The summed E-state index contributed by atoms with van der Waals surface area (Å²) in [6, 6.07) is 26.2. The highest BCUT2D eigenvalue weighted by Gasteiger charge is 2.09. The normalized spacial score (nSPS) is 10.1. The van der Waals surface area contributed by atoms with Crippen LogP contribution in [0.1, 0.15) is 5.56 Å². The van der Waals surface area contributed by atoms with Crippen LogP contribution in [0.4, 0.5) is 5.95 Å². The van der Waals surface area contributed by atoms with E-state index in [1.54, 1.807) is 6.07 Å². The van der Waals surface area contributed by atoms with E-state index >= 15 is 0 Å². The first kappa shape index (κ1) is 23.1. The number of benzene rings is 3. The maximum absolute atomic E-state index is 9.89. The number of imidazole rings is 1. The topological polar surface area (TPSA) is 125 Å². The Bertz CT molecular complexity index is 1220. The third-order valence-electron chi connectivity index (χ3n) is 4.89. The number of phenols is 1. The Kier molecular flexibility index (Phi) is 7.43. The van der Waals surface area contributed by atoms with Gasteiger partial charge in [0.1, 0.15) is 5.75 Å². The van der Waals surface area contributed by atoms with Gasteiger partial charge in [0, 0.05) is 19.2 Å². The minimum Gasteiger partial charge on any atom is -0.508 e. The van der Waals surface area contributed by atoms with Crippen LogP contribution in [0.25, 0.3) is 22.4 Å². The summed E-state index contributed by atoms with van der Waals surface area (Å²) >= 11 is 0. The molecule has 0 aliphatic heterocycles. The Morgan fingerprint density at radius 1 is 0.818 bits per heavy atom. The predicted molar refractivity (Wildman–Crippen MR) is 125 cm³/mol. The van der Waals surface area contributed by atoms with Crippen molar-refractivity contribution in [1.82, 2.24) is 9.55 Å². The van der Waals surface area contributed by atoms with Crippen molar-refractivity contribution in [2.75, 3.05) is 5.32 Å². The number of rotatable bonds is 5. The quantitative estimate of drug-likeness (QED) is 0.339. The van der Waals surface area contributed by atoms with E-state index in [1.165, 1.54) is 11.1 Å². The summed E-state index contributed by atoms with van der Waals surface area (Å²) in [4.78, 5) is 22.7. The van der Waals surface area contributed by atoms with E-state index in [4.69, 9.17) is 19.8 Å². The summed E-state index contributed by atoms with van der Waals surface area (Å²) < 4.78 is 2.03. The molecule has 0 amide bonds. The molecule has 0 aliphatic carbocycles. The number of anilines is 1. The Morgan fingerprint density at radius 2 is 1.36 bits per heavy atom. The molecular formula is C25H23N3O5. The van der Waals surface area contributed by atoms with Crippen molar-refractivity contribution in [3.05, 3.63) is 90.6 Å². The highest BCUT2D eigenvalue weighted by Crippen LogP contribution is 2.26. The first-order chi connectivity index (χ1) is 15.9. The van der Waals surface area contributed by atoms with Gasteiger partial charge in [0.15, 0.2) is 0 Å². The first-order valence-electron chi connectivity index (χ1n) is 10.0. The number of aromatic nitrogens is 2. The van der Waals surface area contributed by atoms with E-state index in [0.717, 1.165) is 22.8 Å². The van der Waals surface area contributed by atoms with Crippen LogP contribution in [-0.4, -0.2) is 36.8 Å². The third-order valence-corrected chi connectivity index (χ3v) is 4.89. The van der Waals surface area contributed by atoms with E-state index in [0.29, 0.717) is 6.54 Å². The Morgan fingerprint density at radius 3 is 1.97 bits per heavy atom. The fourth-order valence-electron chi connectivity index (χ4n) is 3.14. The molecule has 0 aliphatic rings. The number of carbonyl (C=O) groups is 2. The molecule has 0 fully saturated rings. The molecule has 8 heteroatoms. The van der Waals surface area contributed by atoms with Gasteiger partial charge in [-0.25, -0.2) is 14.6 Å². The van der Waals surface area contributed by atoms with Crippen molar-refractivity contribution < 1.29 is 24.9 Å². The van der Waals surface area contributed by atoms with Gasteiger partial charge in [0.05, 0.1) is 11.9 Å². The number of para-hydroxylation sites is 1. The second-order valence-electron chi connectivity index (χ2n) is 7.06. The van der Waals surface area contributed by atoms with Gasteiger partial charge in [0.2, 0.25) is 5.95 Å². The lowest BCUT2D eigenvalue weighted by atomic mass is 10.0. The molecule has 1 heterocycles. The van der Waals surface area contributed by atoms with Gasteiger partial charge in [-0.05, 0) is 22.8 Å². The lowest BCUT2D eigenvalue weighted by molar-refractivity contribution is -0.159. The lowest BCUT2D eigenvalue weighted by Crippen LogP contribution is -2.09. The summed E-state index contributed by atoms with van der Waals surface area (Å²) in [6.07, 6.45) is 1.87. The summed E-state index contributed by atoms with van der Waals surface area (Å²) in [5, 5.41) is 28.0.